The lowest BCUT2D eigenvalue weighted by atomic mass is 10.1. The molecule has 0 spiro atoms. The molecule has 1 saturated carbocycles. The first kappa shape index (κ1) is 21.0. The minimum absolute atomic E-state index is 0.0490. The van der Waals surface area contributed by atoms with E-state index in [9.17, 15) is 4.79 Å². The first-order valence-electron chi connectivity index (χ1n) is 10.8. The average molecular weight is 390 g/mol. The van der Waals surface area contributed by atoms with Gasteiger partial charge in [-0.1, -0.05) is 13.3 Å². The minimum Gasteiger partial charge on any atom is -0.379 e. The van der Waals surface area contributed by atoms with Gasteiger partial charge in [0, 0.05) is 44.8 Å². The molecule has 2 aliphatic rings. The van der Waals surface area contributed by atoms with Crippen molar-refractivity contribution in [3.63, 3.8) is 0 Å². The van der Waals surface area contributed by atoms with E-state index < -0.39 is 0 Å². The van der Waals surface area contributed by atoms with Crippen molar-refractivity contribution in [3.05, 3.63) is 21.6 Å². The highest BCUT2D eigenvalue weighted by molar-refractivity contribution is 6.00. The van der Waals surface area contributed by atoms with E-state index in [0.29, 0.717) is 18.1 Å². The molecule has 2 heterocycles. The normalized spacial score (nSPS) is 18.5. The highest BCUT2D eigenvalue weighted by atomic mass is 16.5. The molecule has 28 heavy (non-hydrogen) atoms. The quantitative estimate of drug-likeness (QED) is 0.621. The number of H-pyrrole nitrogens is 1. The van der Waals surface area contributed by atoms with Crippen molar-refractivity contribution in [2.45, 2.75) is 46.5 Å². The molecule has 1 N–H and O–H groups in total. The van der Waals surface area contributed by atoms with Gasteiger partial charge in [0.2, 0.25) is 5.95 Å². The number of hydrogen-bond donors (Lipinski definition) is 1. The van der Waals surface area contributed by atoms with E-state index in [1.165, 1.54) is 12.8 Å². The third-order valence-electron chi connectivity index (χ3n) is 5.51. The average Bonchev–Trinajstić information content (AvgIpc) is 3.52. The predicted octanol–water partition coefficient (Wildman–Crippen LogP) is 2.24. The van der Waals surface area contributed by atoms with Gasteiger partial charge in [0.1, 0.15) is 0 Å². The minimum atomic E-state index is -0.0490. The van der Waals surface area contributed by atoms with Crippen molar-refractivity contribution in [2.24, 2.45) is 10.9 Å². The van der Waals surface area contributed by atoms with E-state index in [2.05, 4.69) is 26.7 Å². The molecule has 0 atom stereocenters. The standard InChI is InChI=1S/C21H35N5O2/c1-4-6-18(22-5-2)19-16(3)20(27)24-21(23-19)26(15-17-7-8-17)10-9-25-11-13-28-14-12-25/h17H,4-15H2,1-3H3,(H,23,24,27)/b22-18-. The SMILES string of the molecule is CCC/C(=N/CC)c1nc(N(CCN2CCOCC2)CC2CC2)[nH]c(=O)c1C. The van der Waals surface area contributed by atoms with Gasteiger partial charge in [0.15, 0.2) is 0 Å². The Balaban J connectivity index is 1.83. The van der Waals surface area contributed by atoms with Gasteiger partial charge in [-0.15, -0.1) is 0 Å². The summed E-state index contributed by atoms with van der Waals surface area (Å²) in [5, 5.41) is 0. The van der Waals surface area contributed by atoms with E-state index in [-0.39, 0.29) is 5.56 Å². The van der Waals surface area contributed by atoms with Gasteiger partial charge in [-0.3, -0.25) is 19.7 Å². The van der Waals surface area contributed by atoms with E-state index in [4.69, 9.17) is 9.72 Å². The fraction of sp³-hybridized carbons (Fsp3) is 0.762. The monoisotopic (exact) mass is 389 g/mol. The Morgan fingerprint density at radius 1 is 1.32 bits per heavy atom. The number of morpholine rings is 1. The smallest absolute Gasteiger partial charge is 0.255 e. The Kier molecular flexibility index (Phi) is 7.62. The molecule has 1 aromatic rings. The topological polar surface area (TPSA) is 73.8 Å². The van der Waals surface area contributed by atoms with Crippen LogP contribution in [0.25, 0.3) is 0 Å². The zero-order chi connectivity index (χ0) is 19.9. The number of aliphatic imine (C=N–C) groups is 1. The van der Waals surface area contributed by atoms with E-state index >= 15 is 0 Å². The third-order valence-corrected chi connectivity index (χ3v) is 5.51. The van der Waals surface area contributed by atoms with Gasteiger partial charge in [-0.25, -0.2) is 4.98 Å². The number of hydrogen-bond acceptors (Lipinski definition) is 6. The molecule has 0 amide bonds. The van der Waals surface area contributed by atoms with Gasteiger partial charge in [-0.05, 0) is 39.0 Å². The van der Waals surface area contributed by atoms with Crippen molar-refractivity contribution in [1.29, 1.82) is 0 Å². The summed E-state index contributed by atoms with van der Waals surface area (Å²) in [6, 6.07) is 0. The van der Waals surface area contributed by atoms with Crippen LogP contribution in [0.4, 0.5) is 5.95 Å². The lowest BCUT2D eigenvalue weighted by Crippen LogP contribution is -2.43. The van der Waals surface area contributed by atoms with Crippen LogP contribution in [0.1, 0.15) is 50.8 Å². The molecule has 7 nitrogen and oxygen atoms in total. The summed E-state index contributed by atoms with van der Waals surface area (Å²) < 4.78 is 5.45. The summed E-state index contributed by atoms with van der Waals surface area (Å²) in [5.74, 6) is 1.42. The molecule has 1 aromatic heterocycles. The lowest BCUT2D eigenvalue weighted by molar-refractivity contribution is 0.0391. The van der Waals surface area contributed by atoms with Crippen LogP contribution in [-0.4, -0.2) is 73.1 Å². The van der Waals surface area contributed by atoms with E-state index in [1.54, 1.807) is 0 Å². The van der Waals surface area contributed by atoms with Crippen molar-refractivity contribution in [1.82, 2.24) is 14.9 Å². The molecule has 7 heteroatoms. The van der Waals surface area contributed by atoms with Gasteiger partial charge >= 0.3 is 0 Å². The number of aromatic nitrogens is 2. The van der Waals surface area contributed by atoms with E-state index in [0.717, 1.165) is 76.1 Å². The van der Waals surface area contributed by atoms with Crippen LogP contribution in [0.5, 0.6) is 0 Å². The van der Waals surface area contributed by atoms with Crippen LogP contribution in [-0.2, 0) is 4.74 Å². The first-order valence-corrected chi connectivity index (χ1v) is 10.8. The molecular formula is C21H35N5O2. The summed E-state index contributed by atoms with van der Waals surface area (Å²) >= 11 is 0. The summed E-state index contributed by atoms with van der Waals surface area (Å²) in [7, 11) is 0. The maximum absolute atomic E-state index is 12.7. The number of nitrogens with one attached hydrogen (secondary N) is 1. The largest absolute Gasteiger partial charge is 0.379 e. The number of anilines is 1. The second-order valence-corrected chi connectivity index (χ2v) is 7.88. The Morgan fingerprint density at radius 2 is 2.07 bits per heavy atom. The number of nitrogens with zero attached hydrogens (tertiary/aromatic N) is 4. The second kappa shape index (κ2) is 10.2. The Bertz CT molecular complexity index is 720. The lowest BCUT2D eigenvalue weighted by Gasteiger charge is -2.30. The van der Waals surface area contributed by atoms with Crippen LogP contribution in [0.2, 0.25) is 0 Å². The Hall–Kier alpha value is -1.73. The van der Waals surface area contributed by atoms with Crippen molar-refractivity contribution < 1.29 is 4.74 Å². The van der Waals surface area contributed by atoms with Crippen LogP contribution >= 0.6 is 0 Å². The van der Waals surface area contributed by atoms with E-state index in [1.807, 2.05) is 13.8 Å². The van der Waals surface area contributed by atoms with Gasteiger partial charge in [0.25, 0.3) is 5.56 Å². The van der Waals surface area contributed by atoms with Crippen LogP contribution in [0.15, 0.2) is 9.79 Å². The second-order valence-electron chi connectivity index (χ2n) is 7.88. The third kappa shape index (κ3) is 5.64. The molecule has 1 aliphatic heterocycles. The molecule has 1 saturated heterocycles. The summed E-state index contributed by atoms with van der Waals surface area (Å²) in [6.45, 7) is 13.1. The number of rotatable bonds is 10. The van der Waals surface area contributed by atoms with Gasteiger partial charge in [-0.2, -0.15) is 0 Å². The fourth-order valence-corrected chi connectivity index (χ4v) is 3.63. The number of ether oxygens (including phenoxy) is 1. The maximum Gasteiger partial charge on any atom is 0.255 e. The molecule has 2 fully saturated rings. The number of aromatic amines is 1. The summed E-state index contributed by atoms with van der Waals surface area (Å²) in [4.78, 5) is 30.0. The maximum atomic E-state index is 12.7. The van der Waals surface area contributed by atoms with Crippen molar-refractivity contribution >= 4 is 11.7 Å². The highest BCUT2D eigenvalue weighted by Gasteiger charge is 2.26. The molecular weight excluding hydrogens is 354 g/mol. The molecule has 0 bridgehead atoms. The van der Waals surface area contributed by atoms with Crippen LogP contribution in [0.3, 0.4) is 0 Å². The molecule has 0 unspecified atom stereocenters. The van der Waals surface area contributed by atoms with Crippen LogP contribution in [0, 0.1) is 12.8 Å². The van der Waals surface area contributed by atoms with Crippen LogP contribution < -0.4 is 10.5 Å². The fourth-order valence-electron chi connectivity index (χ4n) is 3.63. The van der Waals surface area contributed by atoms with Gasteiger partial charge in [0.05, 0.1) is 24.6 Å². The van der Waals surface area contributed by atoms with Crippen molar-refractivity contribution in [3.8, 4) is 0 Å². The molecule has 0 aromatic carbocycles. The predicted molar refractivity (Wildman–Crippen MR) is 114 cm³/mol. The molecule has 3 rings (SSSR count). The molecule has 1 aliphatic carbocycles. The molecule has 0 radical (unpaired) electrons. The zero-order valence-electron chi connectivity index (χ0n) is 17.7. The zero-order valence-corrected chi connectivity index (χ0v) is 17.7. The Morgan fingerprint density at radius 3 is 2.71 bits per heavy atom. The van der Waals surface area contributed by atoms with Gasteiger partial charge < -0.3 is 9.64 Å². The Labute approximate surface area is 168 Å². The summed E-state index contributed by atoms with van der Waals surface area (Å²) in [5.41, 5.74) is 2.35. The summed E-state index contributed by atoms with van der Waals surface area (Å²) in [6.07, 6.45) is 4.39. The first-order chi connectivity index (χ1) is 13.6. The molecule has 156 valence electrons. The van der Waals surface area contributed by atoms with Crippen molar-refractivity contribution in [2.75, 3.05) is 57.4 Å². The highest BCUT2D eigenvalue weighted by Crippen LogP contribution is 2.30.